The Labute approximate surface area is 191 Å². The fraction of sp³-hybridized carbons (Fsp3) is 0.652. The molecule has 2 aliphatic rings. The number of nitrogens with one attached hydrogen (secondary N) is 2. The molecule has 1 aliphatic heterocycles. The zero-order valence-electron chi connectivity index (χ0n) is 18.7. The van der Waals surface area contributed by atoms with E-state index < -0.39 is 10.0 Å². The highest BCUT2D eigenvalue weighted by Crippen LogP contribution is 2.21. The summed E-state index contributed by atoms with van der Waals surface area (Å²) in [6.45, 7) is 2.79. The largest absolute Gasteiger partial charge is 0.356 e. The maximum atomic E-state index is 12.6. The Morgan fingerprint density at radius 1 is 1.03 bits per heavy atom. The molecule has 1 saturated carbocycles. The Morgan fingerprint density at radius 2 is 1.75 bits per heavy atom. The number of hydrogen-bond acceptors (Lipinski definition) is 5. The Hall–Kier alpha value is -1.97. The standard InChI is InChI=1S/C23H36N4O4S/c24-32(30,31)21-10-8-18(9-11-21)12-14-25-22(28)13-16-27-15-4-5-19(17-27)23(29)26-20-6-2-1-3-7-20/h8-11,19-20H,1-7,12-17H2,(H,25,28)(H,26,29)(H2,24,30,31). The molecule has 1 heterocycles. The van der Waals surface area contributed by atoms with Gasteiger partial charge in [-0.05, 0) is 56.3 Å². The number of benzene rings is 1. The van der Waals surface area contributed by atoms with Crippen LogP contribution in [-0.4, -0.2) is 57.4 Å². The Morgan fingerprint density at radius 3 is 2.44 bits per heavy atom. The van der Waals surface area contributed by atoms with E-state index in [4.69, 9.17) is 5.14 Å². The van der Waals surface area contributed by atoms with Crippen LogP contribution in [-0.2, 0) is 26.0 Å². The third-order valence-corrected chi connectivity index (χ3v) is 7.40. The second-order valence-electron chi connectivity index (χ2n) is 9.02. The van der Waals surface area contributed by atoms with Gasteiger partial charge in [-0.15, -0.1) is 0 Å². The van der Waals surface area contributed by atoms with Crippen molar-refractivity contribution in [2.45, 2.75) is 68.7 Å². The number of carbonyl (C=O) groups excluding carboxylic acids is 2. The van der Waals surface area contributed by atoms with E-state index >= 15 is 0 Å². The predicted molar refractivity (Wildman–Crippen MR) is 123 cm³/mol. The molecule has 32 heavy (non-hydrogen) atoms. The fourth-order valence-corrected chi connectivity index (χ4v) is 5.09. The van der Waals surface area contributed by atoms with Crippen LogP contribution in [0.15, 0.2) is 29.2 Å². The molecule has 1 aromatic rings. The topological polar surface area (TPSA) is 122 Å². The summed E-state index contributed by atoms with van der Waals surface area (Å²) in [5.41, 5.74) is 0.931. The minimum Gasteiger partial charge on any atom is -0.356 e. The predicted octanol–water partition coefficient (Wildman–Crippen LogP) is 1.54. The minimum atomic E-state index is -3.69. The number of sulfonamides is 1. The number of likely N-dealkylation sites (tertiary alicyclic amines) is 1. The molecular formula is C23H36N4O4S. The van der Waals surface area contributed by atoms with Crippen LogP contribution in [0.25, 0.3) is 0 Å². The molecule has 8 nitrogen and oxygen atoms in total. The van der Waals surface area contributed by atoms with Crippen molar-refractivity contribution in [3.05, 3.63) is 29.8 Å². The first-order chi connectivity index (χ1) is 15.3. The van der Waals surface area contributed by atoms with Crippen LogP contribution >= 0.6 is 0 Å². The summed E-state index contributed by atoms with van der Waals surface area (Å²) < 4.78 is 22.6. The second-order valence-corrected chi connectivity index (χ2v) is 10.6. The van der Waals surface area contributed by atoms with Crippen molar-refractivity contribution in [1.29, 1.82) is 0 Å². The number of nitrogens with two attached hydrogens (primary N) is 1. The van der Waals surface area contributed by atoms with E-state index in [1.807, 2.05) is 0 Å². The normalized spacial score (nSPS) is 20.6. The molecule has 2 fully saturated rings. The summed E-state index contributed by atoms with van der Waals surface area (Å²) in [4.78, 5) is 27.2. The van der Waals surface area contributed by atoms with E-state index in [0.29, 0.717) is 32.0 Å². The van der Waals surface area contributed by atoms with Crippen molar-refractivity contribution in [2.24, 2.45) is 11.1 Å². The molecule has 1 aliphatic carbocycles. The van der Waals surface area contributed by atoms with Gasteiger partial charge in [0.05, 0.1) is 10.8 Å². The SMILES string of the molecule is NS(=O)(=O)c1ccc(CCNC(=O)CCN2CCCC(C(=O)NC3CCCCC3)C2)cc1. The lowest BCUT2D eigenvalue weighted by molar-refractivity contribution is -0.127. The van der Waals surface area contributed by atoms with Crippen molar-refractivity contribution in [3.8, 4) is 0 Å². The molecule has 1 saturated heterocycles. The highest BCUT2D eigenvalue weighted by Gasteiger charge is 2.27. The van der Waals surface area contributed by atoms with Gasteiger partial charge in [-0.1, -0.05) is 31.4 Å². The van der Waals surface area contributed by atoms with E-state index in [9.17, 15) is 18.0 Å². The number of hydrogen-bond donors (Lipinski definition) is 3. The van der Waals surface area contributed by atoms with Crippen molar-refractivity contribution < 1.29 is 18.0 Å². The summed E-state index contributed by atoms with van der Waals surface area (Å²) in [6.07, 6.45) is 8.80. The molecule has 0 spiro atoms. The molecule has 0 bridgehead atoms. The summed E-state index contributed by atoms with van der Waals surface area (Å²) in [6, 6.07) is 6.71. The molecule has 1 aromatic carbocycles. The van der Waals surface area contributed by atoms with Gasteiger partial charge < -0.3 is 15.5 Å². The first-order valence-corrected chi connectivity index (χ1v) is 13.3. The quantitative estimate of drug-likeness (QED) is 0.512. The maximum Gasteiger partial charge on any atom is 0.238 e. The summed E-state index contributed by atoms with van der Waals surface area (Å²) in [5.74, 6) is 0.188. The van der Waals surface area contributed by atoms with E-state index in [1.165, 1.54) is 31.4 Å². The lowest BCUT2D eigenvalue weighted by Crippen LogP contribution is -2.47. The Kier molecular flexibility index (Phi) is 9.07. The van der Waals surface area contributed by atoms with Gasteiger partial charge >= 0.3 is 0 Å². The van der Waals surface area contributed by atoms with Gasteiger partial charge in [0.15, 0.2) is 0 Å². The van der Waals surface area contributed by atoms with Crippen LogP contribution in [0.1, 0.15) is 56.9 Å². The molecule has 0 aromatic heterocycles. The van der Waals surface area contributed by atoms with Crippen LogP contribution in [0.3, 0.4) is 0 Å². The van der Waals surface area contributed by atoms with Gasteiger partial charge in [0.2, 0.25) is 21.8 Å². The third kappa shape index (κ3) is 7.86. The molecule has 3 rings (SSSR count). The van der Waals surface area contributed by atoms with Gasteiger partial charge in [-0.3, -0.25) is 9.59 Å². The van der Waals surface area contributed by atoms with Crippen molar-refractivity contribution in [1.82, 2.24) is 15.5 Å². The van der Waals surface area contributed by atoms with Crippen LogP contribution < -0.4 is 15.8 Å². The molecule has 4 N–H and O–H groups in total. The summed E-state index contributed by atoms with van der Waals surface area (Å²) in [7, 11) is -3.69. The van der Waals surface area contributed by atoms with E-state index in [2.05, 4.69) is 15.5 Å². The molecular weight excluding hydrogens is 428 g/mol. The van der Waals surface area contributed by atoms with Crippen molar-refractivity contribution >= 4 is 21.8 Å². The van der Waals surface area contributed by atoms with Crippen LogP contribution in [0, 0.1) is 5.92 Å². The van der Waals surface area contributed by atoms with E-state index in [-0.39, 0.29) is 22.6 Å². The van der Waals surface area contributed by atoms with E-state index in [1.54, 1.807) is 12.1 Å². The first-order valence-electron chi connectivity index (χ1n) is 11.7. The van der Waals surface area contributed by atoms with Crippen LogP contribution in [0.2, 0.25) is 0 Å². The summed E-state index contributed by atoms with van der Waals surface area (Å²) in [5, 5.41) is 11.3. The lowest BCUT2D eigenvalue weighted by Gasteiger charge is -2.33. The average molecular weight is 465 g/mol. The molecule has 178 valence electrons. The van der Waals surface area contributed by atoms with Gasteiger partial charge in [-0.25, -0.2) is 13.6 Å². The monoisotopic (exact) mass is 464 g/mol. The fourth-order valence-electron chi connectivity index (χ4n) is 4.58. The summed E-state index contributed by atoms with van der Waals surface area (Å²) >= 11 is 0. The number of nitrogens with zero attached hydrogens (tertiary/aromatic N) is 1. The average Bonchev–Trinajstić information content (AvgIpc) is 2.78. The highest BCUT2D eigenvalue weighted by atomic mass is 32.2. The molecule has 1 atom stereocenters. The zero-order chi connectivity index (χ0) is 23.0. The number of amides is 2. The van der Waals surface area contributed by atoms with Crippen molar-refractivity contribution in [3.63, 3.8) is 0 Å². The number of rotatable bonds is 9. The zero-order valence-corrected chi connectivity index (χ0v) is 19.5. The minimum absolute atomic E-state index is 0.0139. The molecule has 0 radical (unpaired) electrons. The van der Waals surface area contributed by atoms with Gasteiger partial charge in [-0.2, -0.15) is 0 Å². The van der Waals surface area contributed by atoms with Crippen LogP contribution in [0.5, 0.6) is 0 Å². The van der Waals surface area contributed by atoms with Crippen LogP contribution in [0.4, 0.5) is 0 Å². The number of primary sulfonamides is 1. The highest BCUT2D eigenvalue weighted by molar-refractivity contribution is 7.89. The first kappa shape index (κ1) is 24.7. The third-order valence-electron chi connectivity index (χ3n) is 6.47. The molecule has 2 amide bonds. The van der Waals surface area contributed by atoms with Gasteiger partial charge in [0.1, 0.15) is 0 Å². The molecule has 9 heteroatoms. The second kappa shape index (κ2) is 11.8. The van der Waals surface area contributed by atoms with Gasteiger partial charge in [0, 0.05) is 32.1 Å². The Bertz CT molecular complexity index is 866. The van der Waals surface area contributed by atoms with E-state index in [0.717, 1.165) is 44.3 Å². The number of carbonyl (C=O) groups is 2. The number of piperidine rings is 1. The maximum absolute atomic E-state index is 12.6. The van der Waals surface area contributed by atoms with Crippen molar-refractivity contribution in [2.75, 3.05) is 26.2 Å². The Balaban J connectivity index is 1.33. The lowest BCUT2D eigenvalue weighted by atomic mass is 9.93. The molecule has 1 unspecified atom stereocenters. The van der Waals surface area contributed by atoms with Gasteiger partial charge in [0.25, 0.3) is 0 Å². The smallest absolute Gasteiger partial charge is 0.238 e.